The standard InChI is InChI=1S/C13H15N5O2S/c1-8-15-10(7-21-8)13(19)17-3-2-12-11(5-17)18-9(6-20-12)4-14-16-18/h4,7,11-12H,2-3,5-6H2,1H3/t11-,12-/m0/s1. The van der Waals surface area contributed by atoms with Crippen molar-refractivity contribution >= 4 is 17.2 Å². The van der Waals surface area contributed by atoms with Gasteiger partial charge in [0, 0.05) is 18.5 Å². The molecule has 0 saturated carbocycles. The minimum absolute atomic E-state index is 0.00922. The van der Waals surface area contributed by atoms with Crippen molar-refractivity contribution < 1.29 is 9.53 Å². The second-order valence-corrected chi connectivity index (χ2v) is 6.44. The van der Waals surface area contributed by atoms with Crippen LogP contribution < -0.4 is 0 Å². The van der Waals surface area contributed by atoms with E-state index in [1.807, 2.05) is 21.9 Å². The van der Waals surface area contributed by atoms with Crippen molar-refractivity contribution in [2.75, 3.05) is 13.1 Å². The second kappa shape index (κ2) is 4.88. The van der Waals surface area contributed by atoms with Crippen LogP contribution in [0.15, 0.2) is 11.6 Å². The van der Waals surface area contributed by atoms with E-state index in [4.69, 9.17) is 4.74 Å². The van der Waals surface area contributed by atoms with E-state index in [2.05, 4.69) is 15.3 Å². The average molecular weight is 305 g/mol. The highest BCUT2D eigenvalue weighted by molar-refractivity contribution is 7.09. The Hall–Kier alpha value is -1.80. The summed E-state index contributed by atoms with van der Waals surface area (Å²) in [7, 11) is 0. The van der Waals surface area contributed by atoms with E-state index in [0.717, 1.165) is 17.1 Å². The molecule has 4 heterocycles. The molecule has 7 nitrogen and oxygen atoms in total. The normalized spacial score (nSPS) is 24.5. The Morgan fingerprint density at radius 2 is 2.43 bits per heavy atom. The number of nitrogens with zero attached hydrogens (tertiary/aromatic N) is 5. The lowest BCUT2D eigenvalue weighted by atomic mass is 10.00. The third-order valence-corrected chi connectivity index (χ3v) is 4.83. The molecule has 1 saturated heterocycles. The van der Waals surface area contributed by atoms with Crippen molar-refractivity contribution in [1.29, 1.82) is 0 Å². The molecule has 0 spiro atoms. The van der Waals surface area contributed by atoms with Crippen molar-refractivity contribution in [2.24, 2.45) is 0 Å². The molecule has 2 aliphatic rings. The molecule has 0 N–H and O–H groups in total. The Balaban J connectivity index is 1.57. The molecule has 8 heteroatoms. The summed E-state index contributed by atoms with van der Waals surface area (Å²) in [6, 6.07) is 0.0497. The van der Waals surface area contributed by atoms with E-state index in [0.29, 0.717) is 25.4 Å². The zero-order valence-electron chi connectivity index (χ0n) is 11.6. The molecule has 2 aliphatic heterocycles. The van der Waals surface area contributed by atoms with Crippen molar-refractivity contribution in [2.45, 2.75) is 32.1 Å². The molecule has 4 rings (SSSR count). The first-order valence-electron chi connectivity index (χ1n) is 6.94. The Morgan fingerprint density at radius 1 is 1.52 bits per heavy atom. The summed E-state index contributed by atoms with van der Waals surface area (Å²) in [6.07, 6.45) is 2.65. The monoisotopic (exact) mass is 305 g/mol. The SMILES string of the molecule is Cc1nc(C(=O)N2CC[C@@H]3OCc4cnnn4[C@H]3C2)cs1. The van der Waals surface area contributed by atoms with E-state index in [-0.39, 0.29) is 18.1 Å². The van der Waals surface area contributed by atoms with E-state index < -0.39 is 0 Å². The summed E-state index contributed by atoms with van der Waals surface area (Å²) in [5, 5.41) is 10.8. The maximum absolute atomic E-state index is 12.5. The van der Waals surface area contributed by atoms with Gasteiger partial charge >= 0.3 is 0 Å². The number of amides is 1. The molecular formula is C13H15N5O2S. The van der Waals surface area contributed by atoms with Gasteiger partial charge in [-0.2, -0.15) is 0 Å². The molecule has 0 bridgehead atoms. The van der Waals surface area contributed by atoms with Crippen LogP contribution in [0, 0.1) is 6.92 Å². The van der Waals surface area contributed by atoms with E-state index in [1.165, 1.54) is 11.3 Å². The summed E-state index contributed by atoms with van der Waals surface area (Å²) in [5.41, 5.74) is 1.50. The number of hydrogen-bond acceptors (Lipinski definition) is 6. The van der Waals surface area contributed by atoms with Gasteiger partial charge in [-0.15, -0.1) is 16.4 Å². The van der Waals surface area contributed by atoms with E-state index in [9.17, 15) is 4.79 Å². The second-order valence-electron chi connectivity index (χ2n) is 5.38. The lowest BCUT2D eigenvalue weighted by Gasteiger charge is -2.40. The van der Waals surface area contributed by atoms with Gasteiger partial charge in [0.2, 0.25) is 0 Å². The number of piperidine rings is 1. The predicted octanol–water partition coefficient (Wildman–Crippen LogP) is 1.03. The summed E-state index contributed by atoms with van der Waals surface area (Å²) < 4.78 is 7.75. The lowest BCUT2D eigenvalue weighted by molar-refractivity contribution is -0.0605. The van der Waals surface area contributed by atoms with Crippen LogP contribution in [0.25, 0.3) is 0 Å². The van der Waals surface area contributed by atoms with Gasteiger partial charge in [-0.25, -0.2) is 9.67 Å². The van der Waals surface area contributed by atoms with Crippen LogP contribution in [0.5, 0.6) is 0 Å². The Kier molecular flexibility index (Phi) is 3.00. The van der Waals surface area contributed by atoms with Crippen molar-refractivity contribution in [3.05, 3.63) is 28.0 Å². The molecule has 0 aliphatic carbocycles. The van der Waals surface area contributed by atoms with Crippen molar-refractivity contribution in [3.63, 3.8) is 0 Å². The number of rotatable bonds is 1. The van der Waals surface area contributed by atoms with Crippen LogP contribution in [0.2, 0.25) is 0 Å². The molecule has 0 aromatic carbocycles. The molecule has 0 radical (unpaired) electrons. The quantitative estimate of drug-likeness (QED) is 0.787. The third kappa shape index (κ3) is 2.14. The Labute approximate surface area is 125 Å². The lowest BCUT2D eigenvalue weighted by Crippen LogP contribution is -2.50. The number of carbonyl (C=O) groups is 1. The summed E-state index contributed by atoms with van der Waals surface area (Å²) in [5.74, 6) is -0.00922. The molecule has 1 amide bonds. The number of carbonyl (C=O) groups excluding carboxylic acids is 1. The maximum Gasteiger partial charge on any atom is 0.273 e. The van der Waals surface area contributed by atoms with Gasteiger partial charge in [0.1, 0.15) is 5.69 Å². The smallest absolute Gasteiger partial charge is 0.273 e. The zero-order chi connectivity index (χ0) is 14.4. The first kappa shape index (κ1) is 12.9. The van der Waals surface area contributed by atoms with Crippen LogP contribution in [-0.2, 0) is 11.3 Å². The Morgan fingerprint density at radius 3 is 3.24 bits per heavy atom. The number of likely N-dealkylation sites (tertiary alicyclic amines) is 1. The fourth-order valence-corrected chi connectivity index (χ4v) is 3.57. The number of aromatic nitrogens is 4. The largest absolute Gasteiger partial charge is 0.370 e. The van der Waals surface area contributed by atoms with Gasteiger partial charge in [-0.3, -0.25) is 4.79 Å². The highest BCUT2D eigenvalue weighted by atomic mass is 32.1. The fourth-order valence-electron chi connectivity index (χ4n) is 2.99. The molecule has 2 aromatic rings. The molecule has 1 fully saturated rings. The van der Waals surface area contributed by atoms with Crippen LogP contribution in [0.3, 0.4) is 0 Å². The van der Waals surface area contributed by atoms with Crippen LogP contribution in [0.4, 0.5) is 0 Å². The van der Waals surface area contributed by atoms with Crippen molar-refractivity contribution in [1.82, 2.24) is 24.9 Å². The van der Waals surface area contributed by atoms with Gasteiger partial charge in [0.15, 0.2) is 0 Å². The van der Waals surface area contributed by atoms with Crippen molar-refractivity contribution in [3.8, 4) is 0 Å². The number of aryl methyl sites for hydroxylation is 1. The molecule has 110 valence electrons. The summed E-state index contributed by atoms with van der Waals surface area (Å²) >= 11 is 1.50. The maximum atomic E-state index is 12.5. The molecule has 2 atom stereocenters. The fraction of sp³-hybridized carbons (Fsp3) is 0.538. The summed E-state index contributed by atoms with van der Waals surface area (Å²) in [6.45, 7) is 3.74. The minimum Gasteiger partial charge on any atom is -0.370 e. The third-order valence-electron chi connectivity index (χ3n) is 4.05. The molecule has 21 heavy (non-hydrogen) atoms. The average Bonchev–Trinajstić information content (AvgIpc) is 3.14. The van der Waals surface area contributed by atoms with E-state index >= 15 is 0 Å². The van der Waals surface area contributed by atoms with Crippen LogP contribution in [-0.4, -0.2) is 50.0 Å². The topological polar surface area (TPSA) is 73.1 Å². The predicted molar refractivity (Wildman–Crippen MR) is 75.0 cm³/mol. The number of hydrogen-bond donors (Lipinski definition) is 0. The summed E-state index contributed by atoms with van der Waals surface area (Å²) in [4.78, 5) is 18.7. The highest BCUT2D eigenvalue weighted by Crippen LogP contribution is 2.30. The van der Waals surface area contributed by atoms with Crippen LogP contribution >= 0.6 is 11.3 Å². The number of ether oxygens (including phenoxy) is 1. The van der Waals surface area contributed by atoms with Gasteiger partial charge in [0.25, 0.3) is 5.91 Å². The number of fused-ring (bicyclic) bond motifs is 3. The zero-order valence-corrected chi connectivity index (χ0v) is 12.4. The van der Waals surface area contributed by atoms with Gasteiger partial charge in [0.05, 0.1) is 35.7 Å². The highest BCUT2D eigenvalue weighted by Gasteiger charge is 2.38. The van der Waals surface area contributed by atoms with Crippen LogP contribution in [0.1, 0.15) is 33.7 Å². The Bertz CT molecular complexity index is 682. The first-order valence-corrected chi connectivity index (χ1v) is 7.82. The molecule has 2 aromatic heterocycles. The minimum atomic E-state index is -0.00922. The molecular weight excluding hydrogens is 290 g/mol. The number of thiazole rings is 1. The van der Waals surface area contributed by atoms with Gasteiger partial charge < -0.3 is 9.64 Å². The van der Waals surface area contributed by atoms with Gasteiger partial charge in [-0.05, 0) is 13.3 Å². The van der Waals surface area contributed by atoms with E-state index in [1.54, 1.807) is 6.20 Å². The molecule has 0 unspecified atom stereocenters. The first-order chi connectivity index (χ1) is 10.2. The van der Waals surface area contributed by atoms with Gasteiger partial charge in [-0.1, -0.05) is 5.21 Å².